The Morgan fingerprint density at radius 3 is 2.54 bits per heavy atom. The van der Waals surface area contributed by atoms with Gasteiger partial charge in [0.05, 0.1) is 17.4 Å². The van der Waals surface area contributed by atoms with Crippen molar-refractivity contribution in [1.29, 1.82) is 0 Å². The Balaban J connectivity index is 2.02. The van der Waals surface area contributed by atoms with Crippen LogP contribution >= 0.6 is 0 Å². The van der Waals surface area contributed by atoms with E-state index in [-0.39, 0.29) is 4.90 Å². The quantitative estimate of drug-likeness (QED) is 0.667. The van der Waals surface area contributed by atoms with E-state index < -0.39 is 10.0 Å². The lowest BCUT2D eigenvalue weighted by Gasteiger charge is -2.05. The molecule has 6 nitrogen and oxygen atoms in total. The van der Waals surface area contributed by atoms with Crippen LogP contribution in [0.3, 0.4) is 0 Å². The zero-order chi connectivity index (χ0) is 17.2. The first kappa shape index (κ1) is 15.9. The second-order valence-corrected chi connectivity index (χ2v) is 6.87. The maximum atomic E-state index is 12.6. The smallest absolute Gasteiger partial charge is 0.284 e. The molecule has 0 saturated carbocycles. The fourth-order valence-corrected chi connectivity index (χ4v) is 3.25. The van der Waals surface area contributed by atoms with Crippen molar-refractivity contribution in [2.75, 3.05) is 0 Å². The first-order valence-corrected chi connectivity index (χ1v) is 8.58. The summed E-state index contributed by atoms with van der Waals surface area (Å²) >= 11 is 0. The highest BCUT2D eigenvalue weighted by molar-refractivity contribution is 7.89. The van der Waals surface area contributed by atoms with Crippen LogP contribution < -0.4 is 4.74 Å². The minimum Gasteiger partial charge on any atom is -0.465 e. The minimum absolute atomic E-state index is 0.153. The van der Waals surface area contributed by atoms with Crippen LogP contribution in [-0.4, -0.2) is 22.8 Å². The summed E-state index contributed by atoms with van der Waals surface area (Å²) in [4.78, 5) is 0.153. The minimum atomic E-state index is -3.79. The number of nitrogens with zero attached hydrogens (tertiary/aromatic N) is 3. The van der Waals surface area contributed by atoms with Crippen molar-refractivity contribution in [2.45, 2.75) is 11.8 Å². The van der Waals surface area contributed by atoms with Crippen LogP contribution in [0.2, 0.25) is 0 Å². The topological polar surface area (TPSA) is 74.1 Å². The van der Waals surface area contributed by atoms with Gasteiger partial charge in [-0.3, -0.25) is 0 Å². The van der Waals surface area contributed by atoms with Gasteiger partial charge in [0.25, 0.3) is 10.0 Å². The number of hydrogen-bond donors (Lipinski definition) is 0. The lowest BCUT2D eigenvalue weighted by atomic mass is 10.1. The van der Waals surface area contributed by atoms with Gasteiger partial charge in [-0.05, 0) is 31.2 Å². The zero-order valence-corrected chi connectivity index (χ0v) is 13.8. The molecule has 0 aliphatic carbocycles. The van der Waals surface area contributed by atoms with E-state index in [2.05, 4.69) is 16.9 Å². The molecule has 0 aliphatic rings. The van der Waals surface area contributed by atoms with E-state index >= 15 is 0 Å². The molecule has 2 aromatic carbocycles. The highest BCUT2D eigenvalue weighted by atomic mass is 32.2. The largest absolute Gasteiger partial charge is 0.465 e. The SMILES string of the molecule is C=COc1ccccc1-c1cn(S(=O)(=O)c2ccc(C)cc2)nn1. The highest BCUT2D eigenvalue weighted by Gasteiger charge is 2.20. The van der Waals surface area contributed by atoms with Gasteiger partial charge in [0.1, 0.15) is 11.4 Å². The fraction of sp³-hybridized carbons (Fsp3) is 0.0588. The molecular weight excluding hydrogens is 326 g/mol. The van der Waals surface area contributed by atoms with Gasteiger partial charge >= 0.3 is 0 Å². The number of rotatable bonds is 5. The van der Waals surface area contributed by atoms with Gasteiger partial charge in [-0.15, -0.1) is 9.19 Å². The van der Waals surface area contributed by atoms with E-state index in [1.165, 1.54) is 12.5 Å². The summed E-state index contributed by atoms with van der Waals surface area (Å²) in [5.41, 5.74) is 2.00. The van der Waals surface area contributed by atoms with Crippen molar-refractivity contribution < 1.29 is 13.2 Å². The molecule has 24 heavy (non-hydrogen) atoms. The van der Waals surface area contributed by atoms with Crippen LogP contribution in [-0.2, 0) is 10.0 Å². The average Bonchev–Trinajstić information content (AvgIpc) is 3.07. The van der Waals surface area contributed by atoms with E-state index in [0.717, 1.165) is 9.65 Å². The summed E-state index contributed by atoms with van der Waals surface area (Å²) in [6.45, 7) is 5.41. The predicted molar refractivity (Wildman–Crippen MR) is 90.0 cm³/mol. The van der Waals surface area contributed by atoms with Crippen LogP contribution in [0.1, 0.15) is 5.56 Å². The molecule has 0 saturated heterocycles. The molecule has 0 unspecified atom stereocenters. The molecule has 0 radical (unpaired) electrons. The number of hydrogen-bond acceptors (Lipinski definition) is 5. The molecule has 1 aromatic heterocycles. The van der Waals surface area contributed by atoms with E-state index in [9.17, 15) is 8.42 Å². The van der Waals surface area contributed by atoms with Gasteiger partial charge in [0, 0.05) is 5.56 Å². The predicted octanol–water partition coefficient (Wildman–Crippen LogP) is 3.01. The number of ether oxygens (including phenoxy) is 1. The standard InChI is InChI=1S/C17H15N3O3S/c1-3-23-17-7-5-4-6-15(17)16-12-20(19-18-16)24(21,22)14-10-8-13(2)9-11-14/h3-12H,1H2,2H3. The molecule has 0 atom stereocenters. The van der Waals surface area contributed by atoms with Crippen LogP contribution in [0, 0.1) is 6.92 Å². The number of para-hydroxylation sites is 1. The molecule has 0 spiro atoms. The molecule has 3 rings (SSSR count). The Morgan fingerprint density at radius 2 is 1.83 bits per heavy atom. The number of aryl methyl sites for hydroxylation is 1. The molecule has 1 heterocycles. The van der Waals surface area contributed by atoms with Crippen molar-refractivity contribution in [1.82, 2.24) is 14.4 Å². The van der Waals surface area contributed by atoms with Crippen molar-refractivity contribution in [3.8, 4) is 17.0 Å². The number of aromatic nitrogens is 3. The molecule has 122 valence electrons. The third-order valence-corrected chi connectivity index (χ3v) is 4.95. The van der Waals surface area contributed by atoms with Crippen LogP contribution in [0.4, 0.5) is 0 Å². The Labute approximate surface area is 140 Å². The monoisotopic (exact) mass is 341 g/mol. The summed E-state index contributed by atoms with van der Waals surface area (Å²) in [6.07, 6.45) is 2.66. The van der Waals surface area contributed by atoms with E-state index in [0.29, 0.717) is 17.0 Å². The van der Waals surface area contributed by atoms with Crippen molar-refractivity contribution >= 4 is 10.0 Å². The van der Waals surface area contributed by atoms with Crippen molar-refractivity contribution in [3.63, 3.8) is 0 Å². The third kappa shape index (κ3) is 2.93. The molecule has 0 fully saturated rings. The van der Waals surface area contributed by atoms with E-state index in [1.807, 2.05) is 6.92 Å². The van der Waals surface area contributed by atoms with Crippen molar-refractivity contribution in [2.24, 2.45) is 0 Å². The Kier molecular flexibility index (Phi) is 4.18. The first-order valence-electron chi connectivity index (χ1n) is 7.14. The summed E-state index contributed by atoms with van der Waals surface area (Å²) in [5, 5.41) is 7.72. The molecule has 0 N–H and O–H groups in total. The Bertz CT molecular complexity index is 976. The fourth-order valence-electron chi connectivity index (χ4n) is 2.18. The maximum Gasteiger partial charge on any atom is 0.284 e. The summed E-state index contributed by atoms with van der Waals surface area (Å²) in [6, 6.07) is 13.7. The van der Waals surface area contributed by atoms with Gasteiger partial charge in [-0.25, -0.2) is 0 Å². The lowest BCUT2D eigenvalue weighted by molar-refractivity contribution is 0.485. The summed E-state index contributed by atoms with van der Waals surface area (Å²) < 4.78 is 31.4. The molecule has 3 aromatic rings. The summed E-state index contributed by atoms with van der Waals surface area (Å²) in [5.74, 6) is 0.521. The van der Waals surface area contributed by atoms with Gasteiger partial charge in [0.2, 0.25) is 0 Å². The van der Waals surface area contributed by atoms with E-state index in [1.54, 1.807) is 48.5 Å². The van der Waals surface area contributed by atoms with Gasteiger partial charge in [-0.2, -0.15) is 8.42 Å². The molecule has 0 aliphatic heterocycles. The van der Waals surface area contributed by atoms with Crippen LogP contribution in [0.25, 0.3) is 11.3 Å². The molecule has 0 amide bonds. The lowest BCUT2D eigenvalue weighted by Crippen LogP contribution is -2.13. The van der Waals surface area contributed by atoms with Gasteiger partial charge in [0.15, 0.2) is 0 Å². The van der Waals surface area contributed by atoms with Gasteiger partial charge < -0.3 is 4.74 Å². The average molecular weight is 341 g/mol. The highest BCUT2D eigenvalue weighted by Crippen LogP contribution is 2.28. The molecule has 0 bridgehead atoms. The zero-order valence-electron chi connectivity index (χ0n) is 13.0. The Morgan fingerprint density at radius 1 is 1.12 bits per heavy atom. The second-order valence-electron chi connectivity index (χ2n) is 5.08. The summed E-state index contributed by atoms with van der Waals surface area (Å²) in [7, 11) is -3.79. The second kappa shape index (κ2) is 6.29. The maximum absolute atomic E-state index is 12.6. The first-order chi connectivity index (χ1) is 11.5. The number of benzene rings is 2. The van der Waals surface area contributed by atoms with Gasteiger partial charge in [-0.1, -0.05) is 41.6 Å². The van der Waals surface area contributed by atoms with Crippen LogP contribution in [0.15, 0.2) is 72.5 Å². The van der Waals surface area contributed by atoms with Crippen LogP contribution in [0.5, 0.6) is 5.75 Å². The molecular formula is C17H15N3O3S. The van der Waals surface area contributed by atoms with Crippen molar-refractivity contribution in [3.05, 3.63) is 73.1 Å². The third-order valence-electron chi connectivity index (χ3n) is 3.41. The Hall–Kier alpha value is -2.93. The normalized spacial score (nSPS) is 11.2. The van der Waals surface area contributed by atoms with E-state index in [4.69, 9.17) is 4.74 Å². The molecule has 7 heteroatoms.